The molecule has 134 valence electrons. The number of thioether (sulfide) groups is 1. The standard InChI is InChI=1S/C18H24N4O2S/c1-13-4-2-8-21(10-13)16(23)12-25-18-20-19-17(14-6-7-14)22(18)11-15-5-3-9-24-15/h3,5,9,13-14H,2,4,6-8,10-12H2,1H3. The molecule has 2 aromatic rings. The third-order valence-electron chi connectivity index (χ3n) is 4.92. The van der Waals surface area contributed by atoms with Gasteiger partial charge in [0.1, 0.15) is 11.6 Å². The molecule has 3 heterocycles. The molecule has 1 aliphatic heterocycles. The number of nitrogens with zero attached hydrogens (tertiary/aromatic N) is 4. The molecule has 0 N–H and O–H groups in total. The summed E-state index contributed by atoms with van der Waals surface area (Å²) in [5.74, 6) is 3.66. The number of likely N-dealkylation sites (tertiary alicyclic amines) is 1. The van der Waals surface area contributed by atoms with Crippen LogP contribution in [0.15, 0.2) is 28.0 Å². The highest BCUT2D eigenvalue weighted by Crippen LogP contribution is 2.40. The summed E-state index contributed by atoms with van der Waals surface area (Å²) in [6.45, 7) is 4.61. The zero-order valence-electron chi connectivity index (χ0n) is 14.6. The van der Waals surface area contributed by atoms with Gasteiger partial charge in [0.25, 0.3) is 0 Å². The van der Waals surface area contributed by atoms with Gasteiger partial charge in [-0.3, -0.25) is 9.36 Å². The Hall–Kier alpha value is -1.76. The van der Waals surface area contributed by atoms with E-state index in [1.54, 1.807) is 6.26 Å². The molecule has 1 saturated carbocycles. The Morgan fingerprint density at radius 3 is 2.96 bits per heavy atom. The molecular weight excluding hydrogens is 336 g/mol. The molecule has 2 aromatic heterocycles. The van der Waals surface area contributed by atoms with E-state index < -0.39 is 0 Å². The fourth-order valence-corrected chi connectivity index (χ4v) is 4.24. The van der Waals surface area contributed by atoms with Crippen molar-refractivity contribution in [3.8, 4) is 0 Å². The smallest absolute Gasteiger partial charge is 0.233 e. The molecule has 1 saturated heterocycles. The molecule has 1 amide bonds. The van der Waals surface area contributed by atoms with Gasteiger partial charge in [-0.15, -0.1) is 10.2 Å². The molecule has 1 unspecified atom stereocenters. The van der Waals surface area contributed by atoms with E-state index in [0.717, 1.165) is 36.3 Å². The van der Waals surface area contributed by atoms with E-state index in [1.807, 2.05) is 17.0 Å². The maximum Gasteiger partial charge on any atom is 0.233 e. The van der Waals surface area contributed by atoms with Gasteiger partial charge in [-0.25, -0.2) is 0 Å². The van der Waals surface area contributed by atoms with Crippen LogP contribution in [0.4, 0.5) is 0 Å². The predicted octanol–water partition coefficient (Wildman–Crippen LogP) is 3.15. The van der Waals surface area contributed by atoms with Crippen LogP contribution in [-0.2, 0) is 11.3 Å². The van der Waals surface area contributed by atoms with Crippen LogP contribution < -0.4 is 0 Å². The molecule has 6 nitrogen and oxygen atoms in total. The maximum atomic E-state index is 12.5. The van der Waals surface area contributed by atoms with Gasteiger partial charge >= 0.3 is 0 Å². The van der Waals surface area contributed by atoms with Gasteiger partial charge in [0.15, 0.2) is 5.16 Å². The SMILES string of the molecule is CC1CCCN(C(=O)CSc2nnc(C3CC3)n2Cc2ccco2)C1. The minimum Gasteiger partial charge on any atom is -0.467 e. The summed E-state index contributed by atoms with van der Waals surface area (Å²) in [5, 5.41) is 9.56. The Bertz CT molecular complexity index is 724. The van der Waals surface area contributed by atoms with Gasteiger partial charge < -0.3 is 9.32 Å². The van der Waals surface area contributed by atoms with Crippen LogP contribution in [0.1, 0.15) is 50.1 Å². The molecule has 0 aromatic carbocycles. The summed E-state index contributed by atoms with van der Waals surface area (Å²) < 4.78 is 7.61. The number of amides is 1. The van der Waals surface area contributed by atoms with Crippen LogP contribution in [-0.4, -0.2) is 44.4 Å². The molecule has 7 heteroatoms. The molecule has 2 fully saturated rings. The highest BCUT2D eigenvalue weighted by molar-refractivity contribution is 7.99. The van der Waals surface area contributed by atoms with Crippen LogP contribution in [0.25, 0.3) is 0 Å². The summed E-state index contributed by atoms with van der Waals surface area (Å²) in [5.41, 5.74) is 0. The zero-order valence-corrected chi connectivity index (χ0v) is 15.4. The topological polar surface area (TPSA) is 64.2 Å². The Balaban J connectivity index is 1.44. The summed E-state index contributed by atoms with van der Waals surface area (Å²) in [7, 11) is 0. The van der Waals surface area contributed by atoms with E-state index in [4.69, 9.17) is 4.42 Å². The van der Waals surface area contributed by atoms with Crippen molar-refractivity contribution >= 4 is 17.7 Å². The fraction of sp³-hybridized carbons (Fsp3) is 0.611. The van der Waals surface area contributed by atoms with Gasteiger partial charge in [0.05, 0.1) is 18.6 Å². The maximum absolute atomic E-state index is 12.5. The van der Waals surface area contributed by atoms with E-state index in [0.29, 0.717) is 24.1 Å². The molecule has 1 atom stereocenters. The van der Waals surface area contributed by atoms with Crippen LogP contribution in [0.2, 0.25) is 0 Å². The van der Waals surface area contributed by atoms with Crippen molar-refractivity contribution in [1.29, 1.82) is 0 Å². The molecule has 0 radical (unpaired) electrons. The van der Waals surface area contributed by atoms with E-state index in [9.17, 15) is 4.79 Å². The lowest BCUT2D eigenvalue weighted by atomic mass is 10.0. The predicted molar refractivity (Wildman–Crippen MR) is 95.5 cm³/mol. The van der Waals surface area contributed by atoms with Crippen LogP contribution >= 0.6 is 11.8 Å². The highest BCUT2D eigenvalue weighted by Gasteiger charge is 2.31. The van der Waals surface area contributed by atoms with Crippen LogP contribution in [0, 0.1) is 5.92 Å². The first-order chi connectivity index (χ1) is 12.2. The summed E-state index contributed by atoms with van der Waals surface area (Å²) in [4.78, 5) is 14.5. The molecule has 4 rings (SSSR count). The number of aromatic nitrogens is 3. The largest absolute Gasteiger partial charge is 0.467 e. The normalized spacial score (nSPS) is 20.8. The van der Waals surface area contributed by atoms with Crippen molar-refractivity contribution in [2.24, 2.45) is 5.92 Å². The van der Waals surface area contributed by atoms with Crippen molar-refractivity contribution in [3.05, 3.63) is 30.0 Å². The molecule has 0 spiro atoms. The minimum absolute atomic E-state index is 0.206. The van der Waals surface area contributed by atoms with E-state index in [-0.39, 0.29) is 5.91 Å². The third kappa shape index (κ3) is 3.92. The van der Waals surface area contributed by atoms with Crippen LogP contribution in [0.3, 0.4) is 0 Å². The lowest BCUT2D eigenvalue weighted by molar-refractivity contribution is -0.130. The van der Waals surface area contributed by atoms with Crippen molar-refractivity contribution in [2.75, 3.05) is 18.8 Å². The fourth-order valence-electron chi connectivity index (χ4n) is 3.39. The lowest BCUT2D eigenvalue weighted by Crippen LogP contribution is -2.40. The Morgan fingerprint density at radius 1 is 1.36 bits per heavy atom. The van der Waals surface area contributed by atoms with E-state index >= 15 is 0 Å². The summed E-state index contributed by atoms with van der Waals surface area (Å²) in [6, 6.07) is 3.86. The number of carbonyl (C=O) groups is 1. The zero-order chi connectivity index (χ0) is 17.2. The molecule has 25 heavy (non-hydrogen) atoms. The lowest BCUT2D eigenvalue weighted by Gasteiger charge is -2.30. The molecule has 0 bridgehead atoms. The first-order valence-corrected chi connectivity index (χ1v) is 10.1. The average molecular weight is 360 g/mol. The average Bonchev–Trinajstić information content (AvgIpc) is 3.18. The molecule has 1 aliphatic carbocycles. The van der Waals surface area contributed by atoms with Gasteiger partial charge in [-0.05, 0) is 43.7 Å². The Labute approximate surface area is 152 Å². The van der Waals surface area contributed by atoms with Crippen molar-refractivity contribution in [3.63, 3.8) is 0 Å². The number of furan rings is 1. The van der Waals surface area contributed by atoms with Gasteiger partial charge in [-0.1, -0.05) is 18.7 Å². The molecule has 2 aliphatic rings. The summed E-state index contributed by atoms with van der Waals surface area (Å²) in [6.07, 6.45) is 6.36. The summed E-state index contributed by atoms with van der Waals surface area (Å²) >= 11 is 1.49. The van der Waals surface area contributed by atoms with Crippen LogP contribution in [0.5, 0.6) is 0 Å². The number of carbonyl (C=O) groups excluding carboxylic acids is 1. The second-order valence-electron chi connectivity index (χ2n) is 7.16. The Kier molecular flexibility index (Phi) is 4.83. The van der Waals surface area contributed by atoms with E-state index in [1.165, 1.54) is 31.0 Å². The van der Waals surface area contributed by atoms with Gasteiger partial charge in [0, 0.05) is 19.0 Å². The molecular formula is C18H24N4O2S. The second kappa shape index (κ2) is 7.23. The highest BCUT2D eigenvalue weighted by atomic mass is 32.2. The van der Waals surface area contributed by atoms with Crippen molar-refractivity contribution in [2.45, 2.75) is 50.2 Å². The Morgan fingerprint density at radius 2 is 2.24 bits per heavy atom. The third-order valence-corrected chi connectivity index (χ3v) is 5.87. The first-order valence-electron chi connectivity index (χ1n) is 9.06. The van der Waals surface area contributed by atoms with Gasteiger partial charge in [0.2, 0.25) is 5.91 Å². The number of piperidine rings is 1. The number of hydrogen-bond acceptors (Lipinski definition) is 5. The van der Waals surface area contributed by atoms with Crippen molar-refractivity contribution < 1.29 is 9.21 Å². The minimum atomic E-state index is 0.206. The number of rotatable bonds is 6. The number of hydrogen-bond donors (Lipinski definition) is 0. The van der Waals surface area contributed by atoms with Gasteiger partial charge in [-0.2, -0.15) is 0 Å². The van der Waals surface area contributed by atoms with Crippen molar-refractivity contribution in [1.82, 2.24) is 19.7 Å². The second-order valence-corrected chi connectivity index (χ2v) is 8.10. The van der Waals surface area contributed by atoms with E-state index in [2.05, 4.69) is 21.7 Å². The first kappa shape index (κ1) is 16.7. The quantitative estimate of drug-likeness (QED) is 0.741. The monoisotopic (exact) mass is 360 g/mol.